The number of carbonyl (C=O) groups is 1. The van der Waals surface area contributed by atoms with E-state index in [0.717, 1.165) is 0 Å². The molecular weight excluding hydrogens is 367 g/mol. The number of hydrogen-bond acceptors (Lipinski definition) is 6. The largest absolute Gasteiger partial charge is 0.491 e. The highest BCUT2D eigenvalue weighted by Crippen LogP contribution is 2.11. The minimum absolute atomic E-state index is 0.0235. The van der Waals surface area contributed by atoms with E-state index in [0.29, 0.717) is 5.75 Å². The van der Waals surface area contributed by atoms with Gasteiger partial charge in [-0.25, -0.2) is 9.18 Å². The van der Waals surface area contributed by atoms with Crippen LogP contribution in [0.4, 0.5) is 4.39 Å². The van der Waals surface area contributed by atoms with Crippen LogP contribution < -0.4 is 4.74 Å². The van der Waals surface area contributed by atoms with Gasteiger partial charge in [0.25, 0.3) is 0 Å². The Morgan fingerprint density at radius 1 is 1.18 bits per heavy atom. The first-order valence-corrected chi connectivity index (χ1v) is 8.57. The monoisotopic (exact) mass is 388 g/mol. The molecule has 6 nitrogen and oxygen atoms in total. The summed E-state index contributed by atoms with van der Waals surface area (Å²) in [6, 6.07) is 5.51. The Bertz CT molecular complexity index is 772. The van der Waals surface area contributed by atoms with Gasteiger partial charge in [-0.05, 0) is 42.5 Å². The number of ether oxygens (including phenoxy) is 3. The molecule has 28 heavy (non-hydrogen) atoms. The predicted molar refractivity (Wildman–Crippen MR) is 99.8 cm³/mol. The van der Waals surface area contributed by atoms with E-state index in [-0.39, 0.29) is 25.6 Å². The summed E-state index contributed by atoms with van der Waals surface area (Å²) in [5.74, 6) is 5.05. The van der Waals surface area contributed by atoms with E-state index in [4.69, 9.17) is 14.2 Å². The number of carbonyl (C=O) groups excluding carboxylic acids is 1. The van der Waals surface area contributed by atoms with Crippen molar-refractivity contribution in [2.75, 3.05) is 19.8 Å². The summed E-state index contributed by atoms with van der Waals surface area (Å²) >= 11 is 0. The quantitative estimate of drug-likeness (QED) is 0.419. The van der Waals surface area contributed by atoms with Crippen LogP contribution in [0.1, 0.15) is 0 Å². The van der Waals surface area contributed by atoms with E-state index < -0.39 is 24.3 Å². The highest BCUT2D eigenvalue weighted by Gasteiger charge is 2.25. The molecule has 2 N–H and O–H groups in total. The van der Waals surface area contributed by atoms with Gasteiger partial charge in [0.05, 0.1) is 6.61 Å². The minimum Gasteiger partial charge on any atom is -0.491 e. The molecule has 0 bridgehead atoms. The average Bonchev–Trinajstić information content (AvgIpc) is 2.69. The molecule has 0 spiro atoms. The number of aliphatic hydroxyl groups is 2. The molecule has 1 aromatic rings. The summed E-state index contributed by atoms with van der Waals surface area (Å²) in [6.07, 6.45) is 6.66. The van der Waals surface area contributed by atoms with E-state index in [1.54, 1.807) is 18.2 Å². The van der Waals surface area contributed by atoms with Gasteiger partial charge in [0.2, 0.25) is 0 Å². The van der Waals surface area contributed by atoms with Gasteiger partial charge < -0.3 is 24.4 Å². The van der Waals surface area contributed by atoms with E-state index in [1.165, 1.54) is 42.5 Å². The van der Waals surface area contributed by atoms with Crippen LogP contribution >= 0.6 is 0 Å². The summed E-state index contributed by atoms with van der Waals surface area (Å²) < 4.78 is 28.0. The molecule has 1 aliphatic rings. The Morgan fingerprint density at radius 2 is 1.93 bits per heavy atom. The number of esters is 1. The van der Waals surface area contributed by atoms with Crippen LogP contribution in [0, 0.1) is 17.7 Å². The molecule has 0 aromatic heterocycles. The maximum absolute atomic E-state index is 12.8. The van der Waals surface area contributed by atoms with Gasteiger partial charge in [0.15, 0.2) is 6.10 Å². The standard InChI is InChI=1S/C21H21FO6/c22-16-9-11-18(12-10-16)27-13-17(23)7-5-3-1-2-4-6-8-19(24)20-14-26-15-21(25)28-20/h2,4-12,17,19-20,23-24H,13-15H2/b4-2+,7-5+,8-6+/t17?,19?,20-/m0/s1. The molecule has 1 aromatic carbocycles. The van der Waals surface area contributed by atoms with E-state index >= 15 is 0 Å². The van der Waals surface area contributed by atoms with Gasteiger partial charge in [0, 0.05) is 0 Å². The number of hydrogen-bond donors (Lipinski definition) is 2. The molecule has 2 rings (SSSR count). The summed E-state index contributed by atoms with van der Waals surface area (Å²) in [5, 5.41) is 19.6. The van der Waals surface area contributed by atoms with Crippen LogP contribution in [0.15, 0.2) is 60.7 Å². The molecule has 3 atom stereocenters. The van der Waals surface area contributed by atoms with Crippen molar-refractivity contribution in [1.29, 1.82) is 0 Å². The van der Waals surface area contributed by atoms with Gasteiger partial charge in [-0.15, -0.1) is 0 Å². The van der Waals surface area contributed by atoms with Crippen LogP contribution in [0.2, 0.25) is 0 Å². The van der Waals surface area contributed by atoms with Crippen LogP contribution in [-0.4, -0.2) is 54.3 Å². The van der Waals surface area contributed by atoms with Gasteiger partial charge >= 0.3 is 5.97 Å². The fourth-order valence-corrected chi connectivity index (χ4v) is 2.09. The Kier molecular flexibility index (Phi) is 8.95. The third-order valence-electron chi connectivity index (χ3n) is 3.48. The lowest BCUT2D eigenvalue weighted by Crippen LogP contribution is -2.40. The highest BCUT2D eigenvalue weighted by atomic mass is 19.1. The smallest absolute Gasteiger partial charge is 0.332 e. The van der Waals surface area contributed by atoms with Crippen LogP contribution in [-0.2, 0) is 14.3 Å². The van der Waals surface area contributed by atoms with E-state index in [9.17, 15) is 19.4 Å². The van der Waals surface area contributed by atoms with E-state index in [1.807, 2.05) is 0 Å². The molecule has 2 unspecified atom stereocenters. The summed E-state index contributed by atoms with van der Waals surface area (Å²) in [4.78, 5) is 11.1. The van der Waals surface area contributed by atoms with Crippen LogP contribution in [0.3, 0.4) is 0 Å². The topological polar surface area (TPSA) is 85.2 Å². The number of allylic oxidation sites excluding steroid dienone is 4. The fraction of sp³-hybridized carbons (Fsp3) is 0.286. The Hall–Kier alpha value is -2.92. The molecule has 1 heterocycles. The number of rotatable bonds is 7. The second-order valence-corrected chi connectivity index (χ2v) is 5.76. The lowest BCUT2D eigenvalue weighted by Gasteiger charge is -2.24. The molecular formula is C21H21FO6. The third-order valence-corrected chi connectivity index (χ3v) is 3.48. The molecule has 0 aliphatic carbocycles. The summed E-state index contributed by atoms with van der Waals surface area (Å²) in [7, 11) is 0. The van der Waals surface area contributed by atoms with Crippen molar-refractivity contribution in [1.82, 2.24) is 0 Å². The van der Waals surface area contributed by atoms with Crippen molar-refractivity contribution < 1.29 is 33.6 Å². The predicted octanol–water partition coefficient (Wildman–Crippen LogP) is 1.54. The van der Waals surface area contributed by atoms with Gasteiger partial charge in [0.1, 0.15) is 37.0 Å². The molecule has 0 saturated carbocycles. The summed E-state index contributed by atoms with van der Waals surface area (Å²) in [6.45, 7) is 0.0809. The van der Waals surface area contributed by atoms with Gasteiger partial charge in [-0.2, -0.15) is 0 Å². The highest BCUT2D eigenvalue weighted by molar-refractivity contribution is 5.71. The third kappa shape index (κ3) is 8.18. The minimum atomic E-state index is -0.960. The number of cyclic esters (lactones) is 1. The maximum Gasteiger partial charge on any atom is 0.332 e. The molecule has 1 aliphatic heterocycles. The second-order valence-electron chi connectivity index (χ2n) is 5.76. The zero-order valence-corrected chi connectivity index (χ0v) is 15.0. The molecule has 0 amide bonds. The van der Waals surface area contributed by atoms with Crippen molar-refractivity contribution in [2.45, 2.75) is 18.3 Å². The maximum atomic E-state index is 12.8. The average molecular weight is 388 g/mol. The zero-order valence-electron chi connectivity index (χ0n) is 15.0. The Morgan fingerprint density at radius 3 is 2.68 bits per heavy atom. The molecule has 1 saturated heterocycles. The van der Waals surface area contributed by atoms with Crippen molar-refractivity contribution >= 4 is 5.97 Å². The molecule has 0 radical (unpaired) electrons. The lowest BCUT2D eigenvalue weighted by molar-refractivity contribution is -0.177. The first-order valence-electron chi connectivity index (χ1n) is 8.57. The van der Waals surface area contributed by atoms with E-state index in [2.05, 4.69) is 11.8 Å². The second kappa shape index (κ2) is 11.7. The number of benzene rings is 1. The summed E-state index contributed by atoms with van der Waals surface area (Å²) in [5.41, 5.74) is 0. The Balaban J connectivity index is 1.66. The van der Waals surface area contributed by atoms with Crippen molar-refractivity contribution in [3.63, 3.8) is 0 Å². The fourth-order valence-electron chi connectivity index (χ4n) is 2.09. The lowest BCUT2D eigenvalue weighted by atomic mass is 10.2. The zero-order chi connectivity index (χ0) is 20.2. The Labute approximate surface area is 162 Å². The number of halogens is 1. The number of aliphatic hydroxyl groups excluding tert-OH is 2. The SMILES string of the molecule is O=C1COC[C@@H](C(O)/C=C/C=C/C#C/C=C/C(O)COc2ccc(F)cc2)O1. The van der Waals surface area contributed by atoms with Gasteiger partial charge in [-0.3, -0.25) is 0 Å². The first kappa shape index (κ1) is 21.4. The van der Waals surface area contributed by atoms with Crippen molar-refractivity contribution in [3.8, 4) is 17.6 Å². The van der Waals surface area contributed by atoms with Crippen LogP contribution in [0.25, 0.3) is 0 Å². The van der Waals surface area contributed by atoms with Crippen molar-refractivity contribution in [2.24, 2.45) is 0 Å². The molecule has 1 fully saturated rings. The normalized spacial score (nSPS) is 19.4. The molecule has 7 heteroatoms. The van der Waals surface area contributed by atoms with Gasteiger partial charge in [-0.1, -0.05) is 30.1 Å². The first-order chi connectivity index (χ1) is 13.5. The molecule has 148 valence electrons. The van der Waals surface area contributed by atoms with Crippen molar-refractivity contribution in [3.05, 3.63) is 66.5 Å². The van der Waals surface area contributed by atoms with Crippen LogP contribution in [0.5, 0.6) is 5.75 Å².